The fraction of sp³-hybridized carbons (Fsp3) is 0. The van der Waals surface area contributed by atoms with Gasteiger partial charge in [0.15, 0.2) is 0 Å². The molecule has 0 fully saturated rings. The number of hydrogen-bond acceptors (Lipinski definition) is 2. The smallest absolute Gasteiger partial charge is 0.0643 e. The lowest BCUT2D eigenvalue weighted by molar-refractivity contribution is -0.297. The molecule has 0 aliphatic rings. The molecule has 0 bridgehead atoms. The molecule has 13 heavy (non-hydrogen) atoms. The minimum atomic E-state index is -1.20. The highest BCUT2D eigenvalue weighted by atomic mass is 16.4. The molecule has 0 spiro atoms. The van der Waals surface area contributed by atoms with Crippen LogP contribution in [0.2, 0.25) is 0 Å². The molecular weight excluding hydrogens is 164 g/mol. The molecule has 0 aliphatic heterocycles. The molecule has 0 N–H and O–H groups in total. The summed E-state index contributed by atoms with van der Waals surface area (Å²) in [6.07, 6.45) is 4.17. The number of carbonyl (C=O) groups excluding carboxylic acids is 1. The lowest BCUT2D eigenvalue weighted by Crippen LogP contribution is -2.18. The summed E-state index contributed by atoms with van der Waals surface area (Å²) in [5.74, 6) is -1.20. The average Bonchev–Trinajstić information content (AvgIpc) is 2.15. The molecule has 0 radical (unpaired) electrons. The van der Waals surface area contributed by atoms with Crippen molar-refractivity contribution in [1.82, 2.24) is 0 Å². The SMILES string of the molecule is C=Cc1ccccc1/C=C/C(=O)[O-]. The molecule has 0 heterocycles. The van der Waals surface area contributed by atoms with Gasteiger partial charge in [-0.3, -0.25) is 0 Å². The first-order valence-electron chi connectivity index (χ1n) is 3.84. The van der Waals surface area contributed by atoms with E-state index in [-0.39, 0.29) is 0 Å². The Balaban J connectivity index is 3.00. The first-order valence-corrected chi connectivity index (χ1v) is 3.84. The number of carbonyl (C=O) groups is 1. The highest BCUT2D eigenvalue weighted by Gasteiger charge is 1.91. The zero-order chi connectivity index (χ0) is 9.68. The summed E-state index contributed by atoms with van der Waals surface area (Å²) in [4.78, 5) is 10.1. The minimum Gasteiger partial charge on any atom is -0.545 e. The maximum Gasteiger partial charge on any atom is 0.0643 e. The van der Waals surface area contributed by atoms with Crippen LogP contribution in [-0.2, 0) is 4.79 Å². The summed E-state index contributed by atoms with van der Waals surface area (Å²) in [7, 11) is 0. The van der Waals surface area contributed by atoms with Crippen LogP contribution in [0.1, 0.15) is 11.1 Å². The molecule has 0 aromatic heterocycles. The summed E-state index contributed by atoms with van der Waals surface area (Å²) >= 11 is 0. The maximum atomic E-state index is 10.1. The van der Waals surface area contributed by atoms with Gasteiger partial charge in [-0.2, -0.15) is 0 Å². The van der Waals surface area contributed by atoms with Crippen LogP contribution in [0.5, 0.6) is 0 Å². The molecule has 66 valence electrons. The Morgan fingerprint density at radius 1 is 1.31 bits per heavy atom. The summed E-state index contributed by atoms with van der Waals surface area (Å²) in [5, 5.41) is 10.1. The van der Waals surface area contributed by atoms with Crippen LogP contribution in [0, 0.1) is 0 Å². The van der Waals surface area contributed by atoms with Crippen LogP contribution in [-0.4, -0.2) is 5.97 Å². The van der Waals surface area contributed by atoms with E-state index in [4.69, 9.17) is 0 Å². The normalized spacial score (nSPS) is 10.2. The van der Waals surface area contributed by atoms with Crippen LogP contribution in [0.25, 0.3) is 12.2 Å². The van der Waals surface area contributed by atoms with Crippen LogP contribution in [0.4, 0.5) is 0 Å². The zero-order valence-corrected chi connectivity index (χ0v) is 7.07. The molecule has 0 atom stereocenters. The molecule has 1 aromatic carbocycles. The van der Waals surface area contributed by atoms with E-state index in [0.29, 0.717) is 0 Å². The third kappa shape index (κ3) is 2.60. The Hall–Kier alpha value is -1.83. The van der Waals surface area contributed by atoms with E-state index in [1.165, 1.54) is 6.08 Å². The predicted octanol–water partition coefficient (Wildman–Crippen LogP) is 1.09. The van der Waals surface area contributed by atoms with Crippen molar-refractivity contribution in [3.05, 3.63) is 48.0 Å². The Morgan fingerprint density at radius 3 is 2.46 bits per heavy atom. The second-order valence-electron chi connectivity index (χ2n) is 2.49. The van der Waals surface area contributed by atoms with Crippen LogP contribution in [0.15, 0.2) is 36.9 Å². The van der Waals surface area contributed by atoms with Gasteiger partial charge in [-0.05, 0) is 17.2 Å². The Labute approximate surface area is 76.8 Å². The van der Waals surface area contributed by atoms with E-state index in [1.54, 1.807) is 6.08 Å². The molecule has 0 unspecified atom stereocenters. The van der Waals surface area contributed by atoms with Gasteiger partial charge in [-0.25, -0.2) is 0 Å². The number of rotatable bonds is 3. The highest BCUT2D eigenvalue weighted by Crippen LogP contribution is 2.11. The van der Waals surface area contributed by atoms with E-state index in [0.717, 1.165) is 17.2 Å². The third-order valence-corrected chi connectivity index (χ3v) is 1.61. The van der Waals surface area contributed by atoms with Crippen molar-refractivity contribution < 1.29 is 9.90 Å². The molecule has 0 saturated heterocycles. The van der Waals surface area contributed by atoms with Crippen molar-refractivity contribution >= 4 is 18.1 Å². The lowest BCUT2D eigenvalue weighted by Gasteiger charge is -1.99. The summed E-state index contributed by atoms with van der Waals surface area (Å²) in [6.45, 7) is 3.62. The first-order chi connectivity index (χ1) is 6.24. The highest BCUT2D eigenvalue weighted by molar-refractivity contribution is 5.84. The van der Waals surface area contributed by atoms with Crippen LogP contribution >= 0.6 is 0 Å². The molecule has 0 amide bonds. The van der Waals surface area contributed by atoms with Crippen molar-refractivity contribution in [2.75, 3.05) is 0 Å². The van der Waals surface area contributed by atoms with Gasteiger partial charge >= 0.3 is 0 Å². The lowest BCUT2D eigenvalue weighted by atomic mass is 10.1. The third-order valence-electron chi connectivity index (χ3n) is 1.61. The van der Waals surface area contributed by atoms with Gasteiger partial charge in [0.05, 0.1) is 5.97 Å². The van der Waals surface area contributed by atoms with E-state index in [2.05, 4.69) is 6.58 Å². The maximum absolute atomic E-state index is 10.1. The molecule has 2 heteroatoms. The second-order valence-corrected chi connectivity index (χ2v) is 2.49. The molecule has 1 rings (SSSR count). The molecule has 0 saturated carbocycles. The number of carboxylic acids is 1. The summed E-state index contributed by atoms with van der Waals surface area (Å²) in [6, 6.07) is 7.38. The van der Waals surface area contributed by atoms with Gasteiger partial charge in [0, 0.05) is 0 Å². The fourth-order valence-corrected chi connectivity index (χ4v) is 1.01. The van der Waals surface area contributed by atoms with Gasteiger partial charge in [-0.15, -0.1) is 0 Å². The summed E-state index contributed by atoms with van der Waals surface area (Å²) < 4.78 is 0. The predicted molar refractivity (Wildman–Crippen MR) is 50.6 cm³/mol. The van der Waals surface area contributed by atoms with Gasteiger partial charge < -0.3 is 9.90 Å². The van der Waals surface area contributed by atoms with Gasteiger partial charge in [0.2, 0.25) is 0 Å². The topological polar surface area (TPSA) is 40.1 Å². The minimum absolute atomic E-state index is 0.821. The quantitative estimate of drug-likeness (QED) is 0.642. The van der Waals surface area contributed by atoms with E-state index in [9.17, 15) is 9.90 Å². The van der Waals surface area contributed by atoms with Crippen LogP contribution in [0.3, 0.4) is 0 Å². The van der Waals surface area contributed by atoms with Gasteiger partial charge in [0.25, 0.3) is 0 Å². The van der Waals surface area contributed by atoms with E-state index < -0.39 is 5.97 Å². The standard InChI is InChI=1S/C11H10O2/c1-2-9-5-3-4-6-10(9)7-8-11(12)13/h2-8H,1H2,(H,12,13)/p-1/b8-7+. The van der Waals surface area contributed by atoms with Gasteiger partial charge in [-0.1, -0.05) is 43.0 Å². The summed E-state index contributed by atoms with van der Waals surface area (Å²) in [5.41, 5.74) is 1.72. The van der Waals surface area contributed by atoms with Crippen molar-refractivity contribution in [2.45, 2.75) is 0 Å². The number of aliphatic carboxylic acids is 1. The number of hydrogen-bond donors (Lipinski definition) is 0. The molecular formula is C11H9O2-. The Morgan fingerprint density at radius 2 is 1.92 bits per heavy atom. The molecule has 0 aliphatic carbocycles. The monoisotopic (exact) mass is 173 g/mol. The van der Waals surface area contributed by atoms with Gasteiger partial charge in [0.1, 0.15) is 0 Å². The molecule has 1 aromatic rings. The first kappa shape index (κ1) is 9.26. The van der Waals surface area contributed by atoms with Crippen LogP contribution < -0.4 is 5.11 Å². The Bertz CT molecular complexity index is 351. The zero-order valence-electron chi connectivity index (χ0n) is 7.07. The average molecular weight is 173 g/mol. The number of carboxylic acid groups (broad SMARTS) is 1. The van der Waals surface area contributed by atoms with E-state index >= 15 is 0 Å². The van der Waals surface area contributed by atoms with Crippen molar-refractivity contribution in [3.8, 4) is 0 Å². The van der Waals surface area contributed by atoms with Crippen molar-refractivity contribution in [3.63, 3.8) is 0 Å². The van der Waals surface area contributed by atoms with E-state index in [1.807, 2.05) is 24.3 Å². The molecule has 2 nitrogen and oxygen atoms in total. The van der Waals surface area contributed by atoms with Crippen molar-refractivity contribution in [1.29, 1.82) is 0 Å². The second kappa shape index (κ2) is 4.26. The van der Waals surface area contributed by atoms with Crippen molar-refractivity contribution in [2.24, 2.45) is 0 Å². The Kier molecular flexibility index (Phi) is 3.03. The largest absolute Gasteiger partial charge is 0.545 e. The fourth-order valence-electron chi connectivity index (χ4n) is 1.01. The number of benzene rings is 1.